The predicted molar refractivity (Wildman–Crippen MR) is 117 cm³/mol. The van der Waals surface area contributed by atoms with Crippen molar-refractivity contribution in [2.24, 2.45) is 0 Å². The highest BCUT2D eigenvalue weighted by atomic mass is 32.2. The van der Waals surface area contributed by atoms with Crippen molar-refractivity contribution < 1.29 is 13.2 Å². The summed E-state index contributed by atoms with van der Waals surface area (Å²) >= 11 is 0. The Kier molecular flexibility index (Phi) is 7.44. The van der Waals surface area contributed by atoms with Gasteiger partial charge in [-0.3, -0.25) is 4.79 Å². The maximum atomic E-state index is 12.6. The standard InChI is InChI=1S/C22H30N4O3S/c1-3-26(4-2)30(28,29)20-12-10-19(11-13-20)25-16-21(24-17-25)22(27)23-15-14-18-8-6-5-7-9-18/h8,10-13,16-17H,3-7,9,14-15H2,1-2H3,(H,23,27). The van der Waals surface area contributed by atoms with E-state index in [2.05, 4.69) is 16.4 Å². The van der Waals surface area contributed by atoms with Crippen molar-refractivity contribution in [3.63, 3.8) is 0 Å². The maximum Gasteiger partial charge on any atom is 0.271 e. The molecule has 0 saturated heterocycles. The molecule has 1 N–H and O–H groups in total. The largest absolute Gasteiger partial charge is 0.350 e. The molecule has 1 amide bonds. The van der Waals surface area contributed by atoms with Crippen molar-refractivity contribution in [2.75, 3.05) is 19.6 Å². The Morgan fingerprint density at radius 3 is 2.53 bits per heavy atom. The van der Waals surface area contributed by atoms with E-state index in [1.165, 1.54) is 22.7 Å². The lowest BCUT2D eigenvalue weighted by Crippen LogP contribution is -2.30. The summed E-state index contributed by atoms with van der Waals surface area (Å²) in [7, 11) is -3.49. The fourth-order valence-corrected chi connectivity index (χ4v) is 5.10. The third kappa shape index (κ3) is 5.17. The number of carbonyl (C=O) groups is 1. The number of sulfonamides is 1. The Morgan fingerprint density at radius 1 is 1.17 bits per heavy atom. The van der Waals surface area contributed by atoms with E-state index in [1.807, 2.05) is 13.8 Å². The van der Waals surface area contributed by atoms with Crippen LogP contribution in [0, 0.1) is 0 Å². The van der Waals surface area contributed by atoms with Gasteiger partial charge >= 0.3 is 0 Å². The van der Waals surface area contributed by atoms with E-state index < -0.39 is 10.0 Å². The summed E-state index contributed by atoms with van der Waals surface area (Å²) in [5.74, 6) is -0.203. The molecule has 1 aromatic carbocycles. The van der Waals surface area contributed by atoms with Gasteiger partial charge in [0.2, 0.25) is 10.0 Å². The van der Waals surface area contributed by atoms with Gasteiger partial charge < -0.3 is 9.88 Å². The summed E-state index contributed by atoms with van der Waals surface area (Å²) in [6.07, 6.45) is 11.2. The molecule has 0 radical (unpaired) electrons. The van der Waals surface area contributed by atoms with Crippen LogP contribution in [0.25, 0.3) is 5.69 Å². The Morgan fingerprint density at radius 2 is 1.90 bits per heavy atom. The highest BCUT2D eigenvalue weighted by Gasteiger charge is 2.21. The lowest BCUT2D eigenvalue weighted by atomic mass is 9.97. The molecule has 0 bridgehead atoms. The number of nitrogens with zero attached hydrogens (tertiary/aromatic N) is 3. The lowest BCUT2D eigenvalue weighted by Gasteiger charge is -2.18. The number of nitrogens with one attached hydrogen (secondary N) is 1. The minimum atomic E-state index is -3.49. The second-order valence-electron chi connectivity index (χ2n) is 7.36. The third-order valence-electron chi connectivity index (χ3n) is 5.41. The first-order chi connectivity index (χ1) is 14.5. The van der Waals surface area contributed by atoms with Crippen molar-refractivity contribution in [3.05, 3.63) is 54.1 Å². The summed E-state index contributed by atoms with van der Waals surface area (Å²) in [5, 5.41) is 2.92. The fourth-order valence-electron chi connectivity index (χ4n) is 3.64. The quantitative estimate of drug-likeness (QED) is 0.617. The van der Waals surface area contributed by atoms with Gasteiger partial charge in [0.1, 0.15) is 12.0 Å². The first-order valence-electron chi connectivity index (χ1n) is 10.6. The third-order valence-corrected chi connectivity index (χ3v) is 7.47. The number of carbonyl (C=O) groups excluding carboxylic acids is 1. The van der Waals surface area contributed by atoms with Gasteiger partial charge in [-0.2, -0.15) is 4.31 Å². The predicted octanol–water partition coefficient (Wildman–Crippen LogP) is 3.52. The van der Waals surface area contributed by atoms with E-state index in [0.29, 0.717) is 25.3 Å². The van der Waals surface area contributed by atoms with Crippen LogP contribution in [-0.2, 0) is 10.0 Å². The molecule has 1 heterocycles. The minimum Gasteiger partial charge on any atom is -0.350 e. The minimum absolute atomic E-state index is 0.203. The summed E-state index contributed by atoms with van der Waals surface area (Å²) in [6.45, 7) is 5.10. The molecule has 0 unspecified atom stereocenters. The first-order valence-corrected chi connectivity index (χ1v) is 12.0. The Bertz CT molecular complexity index is 990. The van der Waals surface area contributed by atoms with Crippen molar-refractivity contribution in [1.82, 2.24) is 19.2 Å². The molecule has 1 aliphatic carbocycles. The molecule has 8 heteroatoms. The van der Waals surface area contributed by atoms with Gasteiger partial charge in [-0.1, -0.05) is 25.5 Å². The number of rotatable bonds is 9. The second-order valence-corrected chi connectivity index (χ2v) is 9.30. The van der Waals surface area contributed by atoms with Crippen LogP contribution < -0.4 is 5.32 Å². The summed E-state index contributed by atoms with van der Waals surface area (Å²) in [4.78, 5) is 16.8. The van der Waals surface area contributed by atoms with Gasteiger partial charge in [0, 0.05) is 31.5 Å². The van der Waals surface area contributed by atoms with E-state index in [4.69, 9.17) is 0 Å². The molecule has 0 spiro atoms. The average molecular weight is 431 g/mol. The second kappa shape index (κ2) is 10.0. The van der Waals surface area contributed by atoms with Crippen LogP contribution in [0.5, 0.6) is 0 Å². The molecular formula is C22H30N4O3S. The van der Waals surface area contributed by atoms with Gasteiger partial charge in [0.05, 0.1) is 4.90 Å². The zero-order valence-electron chi connectivity index (χ0n) is 17.7. The molecule has 1 aromatic heterocycles. The van der Waals surface area contributed by atoms with E-state index in [0.717, 1.165) is 24.9 Å². The molecule has 2 aromatic rings. The number of amides is 1. The molecule has 162 valence electrons. The highest BCUT2D eigenvalue weighted by molar-refractivity contribution is 7.89. The molecule has 0 fully saturated rings. The molecular weight excluding hydrogens is 400 g/mol. The number of hydrogen-bond acceptors (Lipinski definition) is 4. The average Bonchev–Trinajstić information content (AvgIpc) is 3.26. The lowest BCUT2D eigenvalue weighted by molar-refractivity contribution is 0.0949. The van der Waals surface area contributed by atoms with Crippen LogP contribution in [0.15, 0.2) is 53.3 Å². The fraction of sp³-hybridized carbons (Fsp3) is 0.455. The summed E-state index contributed by atoms with van der Waals surface area (Å²) in [5.41, 5.74) is 2.51. The molecule has 1 aliphatic rings. The smallest absolute Gasteiger partial charge is 0.271 e. The van der Waals surface area contributed by atoms with Crippen molar-refractivity contribution in [3.8, 4) is 5.69 Å². The van der Waals surface area contributed by atoms with Crippen LogP contribution >= 0.6 is 0 Å². The van der Waals surface area contributed by atoms with Gasteiger partial charge in [0.25, 0.3) is 5.91 Å². The van der Waals surface area contributed by atoms with Crippen LogP contribution in [0.1, 0.15) is 56.4 Å². The zero-order chi connectivity index (χ0) is 21.6. The van der Waals surface area contributed by atoms with Crippen LogP contribution in [0.2, 0.25) is 0 Å². The highest BCUT2D eigenvalue weighted by Crippen LogP contribution is 2.20. The van der Waals surface area contributed by atoms with E-state index in [1.54, 1.807) is 41.4 Å². The first kappa shape index (κ1) is 22.2. The number of allylic oxidation sites excluding steroid dienone is 1. The van der Waals surface area contributed by atoms with Crippen molar-refractivity contribution >= 4 is 15.9 Å². The zero-order valence-corrected chi connectivity index (χ0v) is 18.5. The van der Waals surface area contributed by atoms with E-state index >= 15 is 0 Å². The van der Waals surface area contributed by atoms with Gasteiger partial charge in [0.15, 0.2) is 0 Å². The number of imidazole rings is 1. The maximum absolute atomic E-state index is 12.6. The van der Waals surface area contributed by atoms with Crippen LogP contribution in [-0.4, -0.2) is 47.8 Å². The summed E-state index contributed by atoms with van der Waals surface area (Å²) in [6, 6.07) is 6.60. The number of hydrogen-bond donors (Lipinski definition) is 1. The Balaban J connectivity index is 1.62. The van der Waals surface area contributed by atoms with Gasteiger partial charge in [-0.05, 0) is 56.4 Å². The SMILES string of the molecule is CCN(CC)S(=O)(=O)c1ccc(-n2cnc(C(=O)NCCC3=CCCCC3)c2)cc1. The van der Waals surface area contributed by atoms with Gasteiger partial charge in [-0.25, -0.2) is 13.4 Å². The summed E-state index contributed by atoms with van der Waals surface area (Å²) < 4.78 is 28.3. The van der Waals surface area contributed by atoms with Crippen LogP contribution in [0.4, 0.5) is 0 Å². The Labute approximate surface area is 178 Å². The monoisotopic (exact) mass is 430 g/mol. The van der Waals surface area contributed by atoms with E-state index in [-0.39, 0.29) is 10.8 Å². The number of aromatic nitrogens is 2. The normalized spacial score (nSPS) is 14.6. The van der Waals surface area contributed by atoms with Crippen molar-refractivity contribution in [1.29, 1.82) is 0 Å². The van der Waals surface area contributed by atoms with Crippen LogP contribution in [0.3, 0.4) is 0 Å². The van der Waals surface area contributed by atoms with Gasteiger partial charge in [-0.15, -0.1) is 0 Å². The molecule has 3 rings (SSSR count). The molecule has 0 saturated carbocycles. The Hall–Kier alpha value is -2.45. The number of benzene rings is 1. The van der Waals surface area contributed by atoms with E-state index in [9.17, 15) is 13.2 Å². The molecule has 30 heavy (non-hydrogen) atoms. The molecule has 0 aliphatic heterocycles. The molecule has 7 nitrogen and oxygen atoms in total. The topological polar surface area (TPSA) is 84.3 Å². The molecule has 0 atom stereocenters. The van der Waals surface area contributed by atoms with Crippen molar-refractivity contribution in [2.45, 2.75) is 50.8 Å².